The lowest BCUT2D eigenvalue weighted by atomic mass is 9.94. The molecule has 0 aromatic heterocycles. The number of fused-ring (bicyclic) bond motifs is 1. The summed E-state index contributed by atoms with van der Waals surface area (Å²) in [6.07, 6.45) is 0.123. The van der Waals surface area contributed by atoms with Gasteiger partial charge in [-0.3, -0.25) is 9.59 Å². The lowest BCUT2D eigenvalue weighted by Crippen LogP contribution is -2.33. The Kier molecular flexibility index (Phi) is 4.09. The van der Waals surface area contributed by atoms with Crippen LogP contribution in [0.5, 0.6) is 0 Å². The topological polar surface area (TPSA) is 92.4 Å². The van der Waals surface area contributed by atoms with Crippen LogP contribution in [0.4, 0.5) is 5.69 Å². The molecule has 1 aliphatic heterocycles. The number of carbonyl (C=O) groups is 2. The summed E-state index contributed by atoms with van der Waals surface area (Å²) in [5, 5.41) is 11.4. The maximum atomic E-state index is 11.6. The second kappa shape index (κ2) is 5.16. The summed E-state index contributed by atoms with van der Waals surface area (Å²) in [6.45, 7) is 0. The fraction of sp³-hybridized carbons (Fsp3) is 0.273. The van der Waals surface area contributed by atoms with Crippen LogP contribution in [0.1, 0.15) is 17.9 Å². The molecule has 6 heteroatoms. The second-order valence-electron chi connectivity index (χ2n) is 3.81. The highest BCUT2D eigenvalue weighted by Gasteiger charge is 2.32. The van der Waals surface area contributed by atoms with Gasteiger partial charge in [-0.05, 0) is 18.1 Å². The Morgan fingerprint density at radius 3 is 2.76 bits per heavy atom. The summed E-state index contributed by atoms with van der Waals surface area (Å²) >= 11 is 0. The molecule has 1 amide bonds. The number of para-hydroxylation sites is 1. The summed E-state index contributed by atoms with van der Waals surface area (Å²) in [4.78, 5) is 22.3. The van der Waals surface area contributed by atoms with Gasteiger partial charge in [0.15, 0.2) is 0 Å². The zero-order chi connectivity index (χ0) is 11.7. The van der Waals surface area contributed by atoms with E-state index in [2.05, 4.69) is 5.32 Å². The number of nitrogens with one attached hydrogen (secondary N) is 1. The summed E-state index contributed by atoms with van der Waals surface area (Å²) in [5.41, 5.74) is 7.00. The van der Waals surface area contributed by atoms with Gasteiger partial charge < -0.3 is 16.2 Å². The van der Waals surface area contributed by atoms with Crippen LogP contribution in [0.25, 0.3) is 0 Å². The van der Waals surface area contributed by atoms with Gasteiger partial charge in [-0.2, -0.15) is 0 Å². The van der Waals surface area contributed by atoms with Crippen LogP contribution in [0.2, 0.25) is 0 Å². The number of rotatable bonds is 3. The molecule has 1 aliphatic rings. The largest absolute Gasteiger partial charge is 0.480 e. The first kappa shape index (κ1) is 13.5. The number of carboxylic acids is 1. The molecule has 1 aromatic carbocycles. The van der Waals surface area contributed by atoms with Gasteiger partial charge in [0.05, 0.1) is 5.92 Å². The minimum Gasteiger partial charge on any atom is -0.480 e. The van der Waals surface area contributed by atoms with E-state index in [1.807, 2.05) is 18.2 Å². The second-order valence-corrected chi connectivity index (χ2v) is 3.81. The maximum absolute atomic E-state index is 11.6. The van der Waals surface area contributed by atoms with Gasteiger partial charge >= 0.3 is 5.97 Å². The standard InChI is InChI=1S/C11H12N2O3.ClH/c12-8(11(15)16)5-7-6-3-1-2-4-9(6)13-10(7)14;/h1-4,7-8H,5,12H2,(H,13,14)(H,15,16);1H/t7?,8-;/m0./s1. The zero-order valence-corrected chi connectivity index (χ0v) is 9.74. The first-order valence-corrected chi connectivity index (χ1v) is 4.98. The summed E-state index contributed by atoms with van der Waals surface area (Å²) in [7, 11) is 0. The lowest BCUT2D eigenvalue weighted by Gasteiger charge is -2.11. The molecular weight excluding hydrogens is 244 g/mol. The van der Waals surface area contributed by atoms with Crippen molar-refractivity contribution >= 4 is 30.0 Å². The molecule has 5 nitrogen and oxygen atoms in total. The van der Waals surface area contributed by atoms with Crippen molar-refractivity contribution in [2.45, 2.75) is 18.4 Å². The minimum absolute atomic E-state index is 0. The van der Waals surface area contributed by atoms with Crippen molar-refractivity contribution < 1.29 is 14.7 Å². The fourth-order valence-electron chi connectivity index (χ4n) is 1.86. The Bertz CT molecular complexity index is 450. The fourth-order valence-corrected chi connectivity index (χ4v) is 1.86. The predicted molar refractivity (Wildman–Crippen MR) is 65.3 cm³/mol. The van der Waals surface area contributed by atoms with Crippen LogP contribution < -0.4 is 11.1 Å². The van der Waals surface area contributed by atoms with E-state index in [4.69, 9.17) is 10.8 Å². The maximum Gasteiger partial charge on any atom is 0.320 e. The molecular formula is C11H13ClN2O3. The zero-order valence-electron chi connectivity index (χ0n) is 8.92. The van der Waals surface area contributed by atoms with E-state index >= 15 is 0 Å². The Morgan fingerprint density at radius 1 is 1.47 bits per heavy atom. The molecule has 1 aromatic rings. The van der Waals surface area contributed by atoms with Gasteiger partial charge in [-0.1, -0.05) is 18.2 Å². The molecule has 0 fully saturated rings. The van der Waals surface area contributed by atoms with E-state index in [9.17, 15) is 9.59 Å². The predicted octanol–water partition coefficient (Wildman–Crippen LogP) is 0.946. The first-order valence-electron chi connectivity index (χ1n) is 4.98. The number of carbonyl (C=O) groups excluding carboxylic acids is 1. The SMILES string of the molecule is Cl.N[C@@H](CC1C(=O)Nc2ccccc21)C(=O)O. The van der Waals surface area contributed by atoms with E-state index in [1.165, 1.54) is 0 Å². The molecule has 2 rings (SSSR count). The van der Waals surface area contributed by atoms with Crippen molar-refractivity contribution in [3.8, 4) is 0 Å². The number of carboxylic acid groups (broad SMARTS) is 1. The molecule has 0 spiro atoms. The van der Waals surface area contributed by atoms with Crippen LogP contribution in [-0.4, -0.2) is 23.0 Å². The Morgan fingerprint density at radius 2 is 2.12 bits per heavy atom. The van der Waals surface area contributed by atoms with E-state index in [-0.39, 0.29) is 24.7 Å². The number of nitrogens with two attached hydrogens (primary N) is 1. The average Bonchev–Trinajstić information content (AvgIpc) is 2.55. The molecule has 2 atom stereocenters. The van der Waals surface area contributed by atoms with Gasteiger partial charge in [-0.25, -0.2) is 0 Å². The molecule has 0 radical (unpaired) electrons. The van der Waals surface area contributed by atoms with Gasteiger partial charge in [0.2, 0.25) is 5.91 Å². The molecule has 92 valence electrons. The molecule has 0 aliphatic carbocycles. The van der Waals surface area contributed by atoms with Crippen molar-refractivity contribution in [1.29, 1.82) is 0 Å². The van der Waals surface area contributed by atoms with Crippen molar-refractivity contribution in [2.75, 3.05) is 5.32 Å². The van der Waals surface area contributed by atoms with E-state index in [0.29, 0.717) is 0 Å². The number of anilines is 1. The number of aliphatic carboxylic acids is 1. The van der Waals surface area contributed by atoms with Crippen LogP contribution in [0.3, 0.4) is 0 Å². The van der Waals surface area contributed by atoms with E-state index in [0.717, 1.165) is 11.3 Å². The van der Waals surface area contributed by atoms with Gasteiger partial charge in [0, 0.05) is 5.69 Å². The lowest BCUT2D eigenvalue weighted by molar-refractivity contribution is -0.138. The van der Waals surface area contributed by atoms with Crippen LogP contribution >= 0.6 is 12.4 Å². The molecule has 0 bridgehead atoms. The quantitative estimate of drug-likeness (QED) is 0.751. The Balaban J connectivity index is 0.00000144. The van der Waals surface area contributed by atoms with Crippen LogP contribution in [0, 0.1) is 0 Å². The summed E-state index contributed by atoms with van der Waals surface area (Å²) in [6, 6.07) is 6.23. The highest BCUT2D eigenvalue weighted by atomic mass is 35.5. The van der Waals surface area contributed by atoms with Crippen LogP contribution in [-0.2, 0) is 9.59 Å². The van der Waals surface area contributed by atoms with Crippen molar-refractivity contribution in [3.63, 3.8) is 0 Å². The molecule has 0 saturated heterocycles. The molecule has 17 heavy (non-hydrogen) atoms. The van der Waals surface area contributed by atoms with Crippen molar-refractivity contribution in [2.24, 2.45) is 5.73 Å². The number of halogens is 1. The van der Waals surface area contributed by atoms with Gasteiger partial charge in [-0.15, -0.1) is 12.4 Å². The molecule has 0 saturated carbocycles. The number of hydrogen-bond acceptors (Lipinski definition) is 3. The normalized spacial score (nSPS) is 18.9. The van der Waals surface area contributed by atoms with Crippen molar-refractivity contribution in [3.05, 3.63) is 29.8 Å². The number of amides is 1. The third-order valence-electron chi connectivity index (χ3n) is 2.72. The van der Waals surface area contributed by atoms with E-state index < -0.39 is 17.9 Å². The van der Waals surface area contributed by atoms with Crippen molar-refractivity contribution in [1.82, 2.24) is 0 Å². The van der Waals surface area contributed by atoms with Gasteiger partial charge in [0.1, 0.15) is 6.04 Å². The highest BCUT2D eigenvalue weighted by Crippen LogP contribution is 2.34. The smallest absolute Gasteiger partial charge is 0.320 e. The number of benzene rings is 1. The minimum atomic E-state index is -1.09. The Labute approximate surface area is 104 Å². The van der Waals surface area contributed by atoms with Crippen LogP contribution in [0.15, 0.2) is 24.3 Å². The highest BCUT2D eigenvalue weighted by molar-refractivity contribution is 6.03. The van der Waals surface area contributed by atoms with E-state index in [1.54, 1.807) is 6.07 Å². The summed E-state index contributed by atoms with van der Waals surface area (Å²) in [5.74, 6) is -1.72. The first-order chi connectivity index (χ1) is 7.59. The number of hydrogen-bond donors (Lipinski definition) is 3. The Hall–Kier alpha value is -1.59. The third kappa shape index (κ3) is 2.57. The molecule has 1 unspecified atom stereocenters. The monoisotopic (exact) mass is 256 g/mol. The average molecular weight is 257 g/mol. The molecule has 4 N–H and O–H groups in total. The van der Waals surface area contributed by atoms with Gasteiger partial charge in [0.25, 0.3) is 0 Å². The molecule has 1 heterocycles. The third-order valence-corrected chi connectivity index (χ3v) is 2.72. The summed E-state index contributed by atoms with van der Waals surface area (Å²) < 4.78 is 0.